The number of nitrogens with zero attached hydrogens (tertiary/aromatic N) is 3. The Kier molecular flexibility index (Phi) is 3.81. The number of rotatable bonds is 3. The summed E-state index contributed by atoms with van der Waals surface area (Å²) in [5, 5.41) is 13.7. The highest BCUT2D eigenvalue weighted by atomic mass is 32.1. The van der Waals surface area contributed by atoms with Gasteiger partial charge in [-0.1, -0.05) is 0 Å². The Morgan fingerprint density at radius 2 is 2.17 bits per heavy atom. The van der Waals surface area contributed by atoms with Crippen molar-refractivity contribution in [3.05, 3.63) is 52.5 Å². The van der Waals surface area contributed by atoms with Gasteiger partial charge in [-0.25, -0.2) is 9.37 Å². The number of H-pyrrole nitrogens is 1. The molecule has 122 valence electrons. The van der Waals surface area contributed by atoms with Crippen molar-refractivity contribution < 1.29 is 9.18 Å². The van der Waals surface area contributed by atoms with Crippen molar-refractivity contribution in [2.75, 3.05) is 0 Å². The van der Waals surface area contributed by atoms with Crippen molar-refractivity contribution in [2.45, 2.75) is 25.3 Å². The molecule has 3 aromatic rings. The molecular formula is C16H14FN5OS. The fourth-order valence-electron chi connectivity index (χ4n) is 2.82. The normalized spacial score (nSPS) is 16.6. The summed E-state index contributed by atoms with van der Waals surface area (Å²) >= 11 is 1.55. The summed E-state index contributed by atoms with van der Waals surface area (Å²) in [6.07, 6.45) is 4.12. The van der Waals surface area contributed by atoms with E-state index in [9.17, 15) is 9.18 Å². The smallest absolute Gasteiger partial charge is 0.273 e. The SMILES string of the molecule is O=C(N[C@H]1CCCc2nc(-c3ccc(F)cc3)sc21)c1cn[nH]n1. The van der Waals surface area contributed by atoms with Crippen molar-refractivity contribution in [2.24, 2.45) is 0 Å². The number of aryl methyl sites for hydroxylation is 1. The van der Waals surface area contributed by atoms with Crippen LogP contribution in [0.2, 0.25) is 0 Å². The minimum atomic E-state index is -0.266. The van der Waals surface area contributed by atoms with Gasteiger partial charge in [0.25, 0.3) is 5.91 Å². The molecule has 1 aromatic carbocycles. The average molecular weight is 343 g/mol. The second-order valence-corrected chi connectivity index (χ2v) is 6.64. The summed E-state index contributed by atoms with van der Waals surface area (Å²) in [4.78, 5) is 18.0. The highest BCUT2D eigenvalue weighted by molar-refractivity contribution is 7.15. The second-order valence-electron chi connectivity index (χ2n) is 5.61. The third kappa shape index (κ3) is 2.80. The lowest BCUT2D eigenvalue weighted by Crippen LogP contribution is -2.30. The summed E-state index contributed by atoms with van der Waals surface area (Å²) in [7, 11) is 0. The molecule has 1 amide bonds. The van der Waals surface area contributed by atoms with Crippen LogP contribution in [0.15, 0.2) is 30.5 Å². The summed E-state index contributed by atoms with van der Waals surface area (Å²) in [6, 6.07) is 6.23. The second kappa shape index (κ2) is 6.12. The van der Waals surface area contributed by atoms with Crippen LogP contribution in [0, 0.1) is 5.82 Å². The van der Waals surface area contributed by atoms with Crippen molar-refractivity contribution in [3.63, 3.8) is 0 Å². The zero-order valence-electron chi connectivity index (χ0n) is 12.6. The Labute approximate surface area is 141 Å². The zero-order chi connectivity index (χ0) is 16.5. The topological polar surface area (TPSA) is 83.6 Å². The van der Waals surface area contributed by atoms with Gasteiger partial charge in [0.2, 0.25) is 0 Å². The van der Waals surface area contributed by atoms with E-state index in [4.69, 9.17) is 0 Å². The molecule has 24 heavy (non-hydrogen) atoms. The molecule has 0 aliphatic heterocycles. The van der Waals surface area contributed by atoms with E-state index in [0.717, 1.165) is 40.4 Å². The van der Waals surface area contributed by atoms with E-state index in [2.05, 4.69) is 25.7 Å². The van der Waals surface area contributed by atoms with Crippen LogP contribution in [0.3, 0.4) is 0 Å². The number of nitrogens with one attached hydrogen (secondary N) is 2. The maximum absolute atomic E-state index is 13.1. The predicted molar refractivity (Wildman–Crippen MR) is 87.0 cm³/mol. The van der Waals surface area contributed by atoms with E-state index in [1.165, 1.54) is 18.3 Å². The number of aromatic nitrogens is 4. The Hall–Kier alpha value is -2.61. The molecule has 4 rings (SSSR count). The molecule has 2 heterocycles. The largest absolute Gasteiger partial charge is 0.343 e. The zero-order valence-corrected chi connectivity index (χ0v) is 13.4. The van der Waals surface area contributed by atoms with Gasteiger partial charge < -0.3 is 5.32 Å². The number of amides is 1. The van der Waals surface area contributed by atoms with Crippen LogP contribution in [0.4, 0.5) is 4.39 Å². The third-order valence-corrected chi connectivity index (χ3v) is 5.25. The molecule has 2 N–H and O–H groups in total. The molecule has 8 heteroatoms. The molecule has 0 spiro atoms. The number of benzene rings is 1. The minimum absolute atomic E-state index is 0.0790. The summed E-state index contributed by atoms with van der Waals surface area (Å²) in [6.45, 7) is 0. The number of fused-ring (bicyclic) bond motifs is 1. The van der Waals surface area contributed by atoms with E-state index in [0.29, 0.717) is 0 Å². The van der Waals surface area contributed by atoms with Crippen molar-refractivity contribution in [1.29, 1.82) is 0 Å². The number of aromatic amines is 1. The number of halogens is 1. The quantitative estimate of drug-likeness (QED) is 0.766. The van der Waals surface area contributed by atoms with E-state index < -0.39 is 0 Å². The number of carbonyl (C=O) groups excluding carboxylic acids is 1. The van der Waals surface area contributed by atoms with Gasteiger partial charge in [-0.2, -0.15) is 15.4 Å². The van der Waals surface area contributed by atoms with Crippen LogP contribution in [-0.2, 0) is 6.42 Å². The molecular weight excluding hydrogens is 329 g/mol. The lowest BCUT2D eigenvalue weighted by Gasteiger charge is -2.21. The Bertz CT molecular complexity index is 859. The fourth-order valence-corrected chi connectivity index (χ4v) is 4.02. The molecule has 0 radical (unpaired) electrons. The number of hydrogen-bond donors (Lipinski definition) is 2. The monoisotopic (exact) mass is 343 g/mol. The van der Waals surface area contributed by atoms with Gasteiger partial charge >= 0.3 is 0 Å². The van der Waals surface area contributed by atoms with E-state index >= 15 is 0 Å². The van der Waals surface area contributed by atoms with Crippen molar-refractivity contribution in [1.82, 2.24) is 25.7 Å². The van der Waals surface area contributed by atoms with Gasteiger partial charge in [0.05, 0.1) is 22.8 Å². The Balaban J connectivity index is 1.60. The van der Waals surface area contributed by atoms with E-state index in [-0.39, 0.29) is 23.5 Å². The molecule has 0 bridgehead atoms. The van der Waals surface area contributed by atoms with E-state index in [1.807, 2.05) is 0 Å². The Morgan fingerprint density at radius 3 is 2.92 bits per heavy atom. The number of thiazole rings is 1. The molecule has 0 saturated heterocycles. The molecule has 1 aliphatic rings. The van der Waals surface area contributed by atoms with E-state index in [1.54, 1.807) is 23.5 Å². The van der Waals surface area contributed by atoms with Gasteiger partial charge in [-0.3, -0.25) is 4.79 Å². The first-order valence-corrected chi connectivity index (χ1v) is 8.44. The highest BCUT2D eigenvalue weighted by Gasteiger charge is 2.27. The lowest BCUT2D eigenvalue weighted by atomic mass is 9.98. The van der Waals surface area contributed by atoms with Crippen LogP contribution in [0.5, 0.6) is 0 Å². The molecule has 0 fully saturated rings. The van der Waals surface area contributed by atoms with Gasteiger partial charge in [0.15, 0.2) is 5.69 Å². The van der Waals surface area contributed by atoms with Gasteiger partial charge in [0.1, 0.15) is 10.8 Å². The number of carbonyl (C=O) groups is 1. The van der Waals surface area contributed by atoms with Crippen LogP contribution < -0.4 is 5.32 Å². The lowest BCUT2D eigenvalue weighted by molar-refractivity contribution is 0.0928. The maximum Gasteiger partial charge on any atom is 0.273 e. The van der Waals surface area contributed by atoms with Gasteiger partial charge in [0, 0.05) is 5.56 Å². The predicted octanol–water partition coefficient (Wildman–Crippen LogP) is 2.87. The molecule has 6 nitrogen and oxygen atoms in total. The Morgan fingerprint density at radius 1 is 1.33 bits per heavy atom. The minimum Gasteiger partial charge on any atom is -0.343 e. The summed E-state index contributed by atoms with van der Waals surface area (Å²) in [5.41, 5.74) is 2.17. The van der Waals surface area contributed by atoms with Crippen molar-refractivity contribution in [3.8, 4) is 10.6 Å². The van der Waals surface area contributed by atoms with Crippen molar-refractivity contribution >= 4 is 17.2 Å². The molecule has 0 saturated carbocycles. The average Bonchev–Trinajstić information content (AvgIpc) is 3.25. The molecule has 1 aliphatic carbocycles. The summed E-state index contributed by atoms with van der Waals surface area (Å²) in [5.74, 6) is -0.517. The highest BCUT2D eigenvalue weighted by Crippen LogP contribution is 2.38. The standard InChI is InChI=1S/C16H14FN5OS/c17-10-6-4-9(5-7-10)16-20-12-3-1-2-11(14(12)24-16)19-15(23)13-8-18-22-21-13/h4-8,11H,1-3H2,(H,19,23)(H,18,21,22)/t11-/m0/s1. The van der Waals surface area contributed by atoms with Crippen LogP contribution in [-0.4, -0.2) is 26.3 Å². The molecule has 1 atom stereocenters. The first-order chi connectivity index (χ1) is 11.7. The first kappa shape index (κ1) is 14.9. The van der Waals surface area contributed by atoms with Crippen LogP contribution >= 0.6 is 11.3 Å². The maximum atomic E-state index is 13.1. The fraction of sp³-hybridized carbons (Fsp3) is 0.250. The first-order valence-electron chi connectivity index (χ1n) is 7.63. The third-order valence-electron chi connectivity index (χ3n) is 3.99. The summed E-state index contributed by atoms with van der Waals surface area (Å²) < 4.78 is 13.1. The van der Waals surface area contributed by atoms with Gasteiger partial charge in [-0.15, -0.1) is 11.3 Å². The number of hydrogen-bond acceptors (Lipinski definition) is 5. The van der Waals surface area contributed by atoms with Gasteiger partial charge in [-0.05, 0) is 43.5 Å². The van der Waals surface area contributed by atoms with Crippen LogP contribution in [0.1, 0.15) is 39.9 Å². The van der Waals surface area contributed by atoms with Crippen LogP contribution in [0.25, 0.3) is 10.6 Å². The molecule has 0 unspecified atom stereocenters. The molecule has 2 aromatic heterocycles.